The lowest BCUT2D eigenvalue weighted by Crippen LogP contribution is -2.01. The van der Waals surface area contributed by atoms with Gasteiger partial charge in [0.25, 0.3) is 0 Å². The van der Waals surface area contributed by atoms with Crippen LogP contribution in [0.25, 0.3) is 0 Å². The highest BCUT2D eigenvalue weighted by atomic mass is 35.5. The Morgan fingerprint density at radius 1 is 1.25 bits per heavy atom. The van der Waals surface area contributed by atoms with Gasteiger partial charge in [0.1, 0.15) is 5.02 Å². The molecular weight excluding hydrogens is 226 g/mol. The minimum Gasteiger partial charge on any atom is -0.392 e. The Labute approximate surface area is 98.3 Å². The van der Waals surface area contributed by atoms with Crippen LogP contribution in [-0.2, 0) is 13.2 Å². The molecule has 1 heterocycles. The topological polar surface area (TPSA) is 64.1 Å². The van der Waals surface area contributed by atoms with Crippen molar-refractivity contribution in [2.24, 2.45) is 0 Å². The summed E-state index contributed by atoms with van der Waals surface area (Å²) in [5, 5.41) is 13.4. The maximum Gasteiger partial charge on any atom is 0.164 e. The number of hydrogen-bond donors (Lipinski definition) is 2. The Kier molecular flexibility index (Phi) is 3.12. The van der Waals surface area contributed by atoms with Crippen LogP contribution in [0.2, 0.25) is 5.02 Å². The first-order valence-corrected chi connectivity index (χ1v) is 5.24. The van der Waals surface area contributed by atoms with E-state index in [1.54, 1.807) is 10.9 Å². The molecule has 0 atom stereocenters. The number of aromatic nitrogens is 2. The zero-order valence-corrected chi connectivity index (χ0v) is 9.35. The molecule has 0 fully saturated rings. The number of nitrogen functional groups attached to an aromatic ring is 1. The molecule has 0 aliphatic rings. The SMILES string of the molecule is Nc1nn(Cc2ccc(CO)cc2)cc1Cl. The zero-order valence-electron chi connectivity index (χ0n) is 8.60. The molecule has 0 aliphatic heterocycles. The molecule has 4 nitrogen and oxygen atoms in total. The summed E-state index contributed by atoms with van der Waals surface area (Å²) in [6, 6.07) is 7.64. The molecule has 5 heteroatoms. The molecule has 0 saturated carbocycles. The van der Waals surface area contributed by atoms with Gasteiger partial charge in [-0.05, 0) is 11.1 Å². The predicted molar refractivity (Wildman–Crippen MR) is 63.1 cm³/mol. The van der Waals surface area contributed by atoms with Gasteiger partial charge in [0.15, 0.2) is 5.82 Å². The van der Waals surface area contributed by atoms with Crippen molar-refractivity contribution in [2.45, 2.75) is 13.2 Å². The van der Waals surface area contributed by atoms with E-state index in [1.807, 2.05) is 24.3 Å². The fourth-order valence-electron chi connectivity index (χ4n) is 1.43. The van der Waals surface area contributed by atoms with Gasteiger partial charge in [0.2, 0.25) is 0 Å². The van der Waals surface area contributed by atoms with Crippen LogP contribution in [0.5, 0.6) is 0 Å². The summed E-state index contributed by atoms with van der Waals surface area (Å²) < 4.78 is 1.69. The number of benzene rings is 1. The van der Waals surface area contributed by atoms with Crippen molar-refractivity contribution in [2.75, 3.05) is 5.73 Å². The van der Waals surface area contributed by atoms with E-state index in [0.717, 1.165) is 11.1 Å². The second-order valence-corrected chi connectivity index (χ2v) is 3.94. The summed E-state index contributed by atoms with van der Waals surface area (Å²) in [7, 11) is 0. The second kappa shape index (κ2) is 4.55. The van der Waals surface area contributed by atoms with Crippen LogP contribution >= 0.6 is 11.6 Å². The van der Waals surface area contributed by atoms with Crippen LogP contribution in [0.1, 0.15) is 11.1 Å². The first kappa shape index (κ1) is 11.0. The van der Waals surface area contributed by atoms with E-state index in [0.29, 0.717) is 17.4 Å². The quantitative estimate of drug-likeness (QED) is 0.853. The maximum atomic E-state index is 8.91. The second-order valence-electron chi connectivity index (χ2n) is 3.53. The molecule has 1 aromatic heterocycles. The van der Waals surface area contributed by atoms with Gasteiger partial charge in [-0.25, -0.2) is 0 Å². The lowest BCUT2D eigenvalue weighted by atomic mass is 10.1. The number of anilines is 1. The highest BCUT2D eigenvalue weighted by Crippen LogP contribution is 2.16. The van der Waals surface area contributed by atoms with Gasteiger partial charge in [0.05, 0.1) is 13.2 Å². The Hall–Kier alpha value is -1.52. The van der Waals surface area contributed by atoms with Crippen molar-refractivity contribution < 1.29 is 5.11 Å². The van der Waals surface area contributed by atoms with E-state index in [9.17, 15) is 0 Å². The van der Waals surface area contributed by atoms with E-state index in [-0.39, 0.29) is 6.61 Å². The largest absolute Gasteiger partial charge is 0.392 e. The number of rotatable bonds is 3. The van der Waals surface area contributed by atoms with Crippen LogP contribution in [0.15, 0.2) is 30.5 Å². The fraction of sp³-hybridized carbons (Fsp3) is 0.182. The highest BCUT2D eigenvalue weighted by molar-refractivity contribution is 6.32. The highest BCUT2D eigenvalue weighted by Gasteiger charge is 2.03. The van der Waals surface area contributed by atoms with E-state index >= 15 is 0 Å². The molecule has 0 radical (unpaired) electrons. The number of halogens is 1. The fourth-order valence-corrected chi connectivity index (χ4v) is 1.58. The molecule has 0 aliphatic carbocycles. The average molecular weight is 238 g/mol. The zero-order chi connectivity index (χ0) is 11.5. The molecule has 16 heavy (non-hydrogen) atoms. The molecule has 2 aromatic rings. The van der Waals surface area contributed by atoms with E-state index < -0.39 is 0 Å². The van der Waals surface area contributed by atoms with Crippen molar-refractivity contribution in [1.29, 1.82) is 0 Å². The predicted octanol–water partition coefficient (Wildman–Crippen LogP) is 1.66. The minimum atomic E-state index is 0.0564. The summed E-state index contributed by atoms with van der Waals surface area (Å²) >= 11 is 5.80. The van der Waals surface area contributed by atoms with Gasteiger partial charge >= 0.3 is 0 Å². The normalized spacial score (nSPS) is 10.6. The number of nitrogens with two attached hydrogens (primary N) is 1. The molecule has 0 saturated heterocycles. The minimum absolute atomic E-state index is 0.0564. The van der Waals surface area contributed by atoms with Crippen molar-refractivity contribution in [1.82, 2.24) is 9.78 Å². The lowest BCUT2D eigenvalue weighted by Gasteiger charge is -2.02. The van der Waals surface area contributed by atoms with Gasteiger partial charge in [-0.2, -0.15) is 5.10 Å². The van der Waals surface area contributed by atoms with Crippen LogP contribution in [-0.4, -0.2) is 14.9 Å². The summed E-state index contributed by atoms with van der Waals surface area (Å²) in [5.74, 6) is 0.341. The Bertz CT molecular complexity index is 459. The summed E-state index contributed by atoms with van der Waals surface area (Å²) in [6.45, 7) is 0.670. The molecule has 2 rings (SSSR count). The summed E-state index contributed by atoms with van der Waals surface area (Å²) in [4.78, 5) is 0. The van der Waals surface area contributed by atoms with Crippen molar-refractivity contribution in [3.63, 3.8) is 0 Å². The molecule has 0 amide bonds. The maximum absolute atomic E-state index is 8.91. The van der Waals surface area contributed by atoms with Crippen molar-refractivity contribution in [3.05, 3.63) is 46.6 Å². The van der Waals surface area contributed by atoms with Crippen LogP contribution < -0.4 is 5.73 Å². The van der Waals surface area contributed by atoms with Crippen LogP contribution in [0.4, 0.5) is 5.82 Å². The molecule has 0 bridgehead atoms. The van der Waals surface area contributed by atoms with Crippen LogP contribution in [0.3, 0.4) is 0 Å². The monoisotopic (exact) mass is 237 g/mol. The number of nitrogens with zero attached hydrogens (tertiary/aromatic N) is 2. The first-order chi connectivity index (χ1) is 7.69. The molecule has 0 unspecified atom stereocenters. The van der Waals surface area contributed by atoms with Crippen LogP contribution in [0, 0.1) is 0 Å². The standard InChI is InChI=1S/C11H12ClN3O/c12-10-6-15(14-11(10)13)5-8-1-3-9(7-16)4-2-8/h1-4,6,16H,5,7H2,(H2,13,14). The van der Waals surface area contributed by atoms with E-state index in [4.69, 9.17) is 22.4 Å². The summed E-state index contributed by atoms with van der Waals surface area (Å²) in [6.07, 6.45) is 1.69. The lowest BCUT2D eigenvalue weighted by molar-refractivity contribution is 0.282. The number of aliphatic hydroxyl groups excluding tert-OH is 1. The molecular formula is C11H12ClN3O. The van der Waals surface area contributed by atoms with Gasteiger partial charge in [-0.1, -0.05) is 35.9 Å². The number of hydrogen-bond acceptors (Lipinski definition) is 3. The third-order valence-electron chi connectivity index (χ3n) is 2.29. The van der Waals surface area contributed by atoms with Gasteiger partial charge in [-0.3, -0.25) is 4.68 Å². The first-order valence-electron chi connectivity index (χ1n) is 4.86. The molecule has 0 spiro atoms. The molecule has 1 aromatic carbocycles. The third-order valence-corrected chi connectivity index (χ3v) is 2.58. The van der Waals surface area contributed by atoms with Crippen molar-refractivity contribution in [3.8, 4) is 0 Å². The molecule has 3 N–H and O–H groups in total. The Morgan fingerprint density at radius 2 is 1.88 bits per heavy atom. The number of aliphatic hydroxyl groups is 1. The van der Waals surface area contributed by atoms with Crippen molar-refractivity contribution >= 4 is 17.4 Å². The Morgan fingerprint density at radius 3 is 2.38 bits per heavy atom. The van der Waals surface area contributed by atoms with Gasteiger partial charge in [0, 0.05) is 6.20 Å². The third kappa shape index (κ3) is 2.35. The average Bonchev–Trinajstić information content (AvgIpc) is 2.59. The van der Waals surface area contributed by atoms with Gasteiger partial charge in [-0.15, -0.1) is 0 Å². The summed E-state index contributed by atoms with van der Waals surface area (Å²) in [5.41, 5.74) is 7.51. The molecule has 84 valence electrons. The van der Waals surface area contributed by atoms with Gasteiger partial charge < -0.3 is 10.8 Å². The smallest absolute Gasteiger partial charge is 0.164 e. The Balaban J connectivity index is 2.14. The van der Waals surface area contributed by atoms with E-state index in [1.165, 1.54) is 0 Å². The van der Waals surface area contributed by atoms with E-state index in [2.05, 4.69) is 5.10 Å².